The summed E-state index contributed by atoms with van der Waals surface area (Å²) >= 11 is 0. The standard InChI is InChI=1S/C50H31N5/c51-32-36-20-23-41(28-37(36)33-52)55-48-26-22-34(35-21-25-44-43-18-10-11-19-47(43)54(50(44)30-35)40-16-8-3-9-17-40)29-45(48)46-31-42(24-27-49(46)55)53(38-12-4-1-5-13-38)39-14-6-2-7-15-39/h1-31H. The molecule has 0 saturated heterocycles. The van der Waals surface area contributed by atoms with Gasteiger partial charge in [0.05, 0.1) is 33.2 Å². The molecule has 0 atom stereocenters. The van der Waals surface area contributed by atoms with Crippen molar-refractivity contribution in [2.45, 2.75) is 0 Å². The highest BCUT2D eigenvalue weighted by Gasteiger charge is 2.19. The monoisotopic (exact) mass is 701 g/mol. The number of hydrogen-bond acceptors (Lipinski definition) is 3. The molecule has 256 valence electrons. The quantitative estimate of drug-likeness (QED) is 0.173. The van der Waals surface area contributed by atoms with E-state index in [1.165, 1.54) is 16.3 Å². The van der Waals surface area contributed by atoms with Crippen molar-refractivity contribution in [1.29, 1.82) is 10.5 Å². The normalized spacial score (nSPS) is 11.2. The Morgan fingerprint density at radius 3 is 1.60 bits per heavy atom. The topological polar surface area (TPSA) is 60.7 Å². The Morgan fingerprint density at radius 2 is 0.891 bits per heavy atom. The Bertz CT molecular complexity index is 3120. The molecule has 55 heavy (non-hydrogen) atoms. The van der Waals surface area contributed by atoms with Crippen LogP contribution in [0.15, 0.2) is 188 Å². The molecule has 5 nitrogen and oxygen atoms in total. The molecule has 0 saturated carbocycles. The van der Waals surface area contributed by atoms with Crippen molar-refractivity contribution in [2.24, 2.45) is 0 Å². The fourth-order valence-corrected chi connectivity index (χ4v) is 8.08. The Morgan fingerprint density at radius 1 is 0.345 bits per heavy atom. The largest absolute Gasteiger partial charge is 0.310 e. The first-order valence-corrected chi connectivity index (χ1v) is 18.2. The lowest BCUT2D eigenvalue weighted by Gasteiger charge is -2.25. The number of anilines is 3. The highest BCUT2D eigenvalue weighted by atomic mass is 15.1. The van der Waals surface area contributed by atoms with Gasteiger partial charge in [-0.25, -0.2) is 0 Å². The molecule has 0 amide bonds. The summed E-state index contributed by atoms with van der Waals surface area (Å²) in [6, 6.07) is 69.9. The molecule has 0 spiro atoms. The first-order valence-electron chi connectivity index (χ1n) is 18.2. The van der Waals surface area contributed by atoms with Crippen molar-refractivity contribution in [3.8, 4) is 34.6 Å². The number of fused-ring (bicyclic) bond motifs is 6. The molecule has 0 radical (unpaired) electrons. The van der Waals surface area contributed by atoms with E-state index in [2.05, 4.69) is 184 Å². The maximum absolute atomic E-state index is 9.97. The van der Waals surface area contributed by atoms with Crippen LogP contribution in [-0.4, -0.2) is 9.13 Å². The number of nitrogens with zero attached hydrogens (tertiary/aromatic N) is 5. The molecule has 0 aliphatic carbocycles. The van der Waals surface area contributed by atoms with E-state index in [0.29, 0.717) is 11.1 Å². The fraction of sp³-hybridized carbons (Fsp3) is 0. The molecular formula is C50H31N5. The van der Waals surface area contributed by atoms with Gasteiger partial charge in [0.1, 0.15) is 12.1 Å². The van der Waals surface area contributed by atoms with Gasteiger partial charge in [-0.15, -0.1) is 0 Å². The molecule has 8 aromatic carbocycles. The zero-order valence-corrected chi connectivity index (χ0v) is 29.6. The molecule has 0 aliphatic rings. The average molecular weight is 702 g/mol. The summed E-state index contributed by atoms with van der Waals surface area (Å²) in [5.74, 6) is 0. The number of hydrogen-bond donors (Lipinski definition) is 0. The highest BCUT2D eigenvalue weighted by Crippen LogP contribution is 2.42. The van der Waals surface area contributed by atoms with Gasteiger partial charge in [-0.2, -0.15) is 10.5 Å². The van der Waals surface area contributed by atoms with E-state index in [0.717, 1.165) is 66.9 Å². The van der Waals surface area contributed by atoms with E-state index in [1.54, 1.807) is 6.07 Å². The first-order chi connectivity index (χ1) is 27.2. The van der Waals surface area contributed by atoms with Crippen LogP contribution in [0.1, 0.15) is 11.1 Å². The third-order valence-corrected chi connectivity index (χ3v) is 10.6. The second kappa shape index (κ2) is 13.0. The molecular weight excluding hydrogens is 671 g/mol. The predicted molar refractivity (Wildman–Crippen MR) is 225 cm³/mol. The number of nitriles is 2. The highest BCUT2D eigenvalue weighted by molar-refractivity contribution is 6.13. The van der Waals surface area contributed by atoms with Gasteiger partial charge < -0.3 is 14.0 Å². The van der Waals surface area contributed by atoms with Crippen LogP contribution in [-0.2, 0) is 0 Å². The van der Waals surface area contributed by atoms with Gasteiger partial charge >= 0.3 is 0 Å². The molecule has 0 fully saturated rings. The molecule has 2 heterocycles. The van der Waals surface area contributed by atoms with E-state index in [4.69, 9.17) is 0 Å². The second-order valence-corrected chi connectivity index (χ2v) is 13.6. The SMILES string of the molecule is N#Cc1ccc(-n2c3ccc(-c4ccc5c6ccccc6n(-c6ccccc6)c5c4)cc3c3cc(N(c4ccccc4)c4ccccc4)ccc32)cc1C#N. The maximum Gasteiger partial charge on any atom is 0.101 e. The first kappa shape index (κ1) is 31.8. The summed E-state index contributed by atoms with van der Waals surface area (Å²) in [5.41, 5.74) is 12.4. The maximum atomic E-state index is 9.97. The minimum atomic E-state index is 0.352. The van der Waals surface area contributed by atoms with Crippen LogP contribution in [0.4, 0.5) is 17.1 Å². The minimum absolute atomic E-state index is 0.352. The van der Waals surface area contributed by atoms with Gasteiger partial charge in [-0.3, -0.25) is 0 Å². The fourth-order valence-electron chi connectivity index (χ4n) is 8.08. The lowest BCUT2D eigenvalue weighted by molar-refractivity contribution is 1.17. The summed E-state index contributed by atoms with van der Waals surface area (Å²) < 4.78 is 4.55. The van der Waals surface area contributed by atoms with Gasteiger partial charge in [-0.05, 0) is 108 Å². The Kier molecular flexibility index (Phi) is 7.51. The molecule has 0 N–H and O–H groups in total. The van der Waals surface area contributed by atoms with Crippen molar-refractivity contribution in [3.05, 3.63) is 199 Å². The summed E-state index contributed by atoms with van der Waals surface area (Å²) in [4.78, 5) is 2.28. The summed E-state index contributed by atoms with van der Waals surface area (Å²) in [7, 11) is 0. The van der Waals surface area contributed by atoms with Crippen LogP contribution in [0.5, 0.6) is 0 Å². The van der Waals surface area contributed by atoms with Gasteiger partial charge in [0, 0.05) is 50.0 Å². The van der Waals surface area contributed by atoms with E-state index in [9.17, 15) is 10.5 Å². The summed E-state index contributed by atoms with van der Waals surface area (Å²) in [6.07, 6.45) is 0. The number of aromatic nitrogens is 2. The number of rotatable bonds is 6. The van der Waals surface area contributed by atoms with Gasteiger partial charge in [-0.1, -0.05) is 91.0 Å². The Balaban J connectivity index is 1.22. The molecule has 10 rings (SSSR count). The number of benzene rings is 8. The third-order valence-electron chi connectivity index (χ3n) is 10.6. The molecule has 5 heteroatoms. The van der Waals surface area contributed by atoms with Crippen LogP contribution in [0, 0.1) is 22.7 Å². The average Bonchev–Trinajstić information content (AvgIpc) is 3.76. The predicted octanol–water partition coefficient (Wildman–Crippen LogP) is 12.8. The van der Waals surface area contributed by atoms with E-state index >= 15 is 0 Å². The van der Waals surface area contributed by atoms with Crippen molar-refractivity contribution in [1.82, 2.24) is 9.13 Å². The number of para-hydroxylation sites is 4. The lowest BCUT2D eigenvalue weighted by Crippen LogP contribution is -2.09. The van der Waals surface area contributed by atoms with Crippen LogP contribution in [0.25, 0.3) is 66.1 Å². The van der Waals surface area contributed by atoms with Crippen molar-refractivity contribution in [2.75, 3.05) is 4.90 Å². The van der Waals surface area contributed by atoms with Crippen LogP contribution in [0.2, 0.25) is 0 Å². The molecule has 0 bridgehead atoms. The van der Waals surface area contributed by atoms with Gasteiger partial charge in [0.25, 0.3) is 0 Å². The van der Waals surface area contributed by atoms with Gasteiger partial charge in [0.15, 0.2) is 0 Å². The lowest BCUT2D eigenvalue weighted by atomic mass is 10.0. The van der Waals surface area contributed by atoms with Crippen LogP contribution in [0.3, 0.4) is 0 Å². The summed E-state index contributed by atoms with van der Waals surface area (Å²) in [5, 5.41) is 24.3. The van der Waals surface area contributed by atoms with E-state index in [1.807, 2.05) is 24.3 Å². The summed E-state index contributed by atoms with van der Waals surface area (Å²) in [6.45, 7) is 0. The molecule has 10 aromatic rings. The van der Waals surface area contributed by atoms with Gasteiger partial charge in [0.2, 0.25) is 0 Å². The minimum Gasteiger partial charge on any atom is -0.310 e. The van der Waals surface area contributed by atoms with Crippen molar-refractivity contribution >= 4 is 60.7 Å². The Hall–Kier alpha value is -7.86. The zero-order chi connectivity index (χ0) is 36.9. The smallest absolute Gasteiger partial charge is 0.101 e. The van der Waals surface area contributed by atoms with Crippen molar-refractivity contribution in [3.63, 3.8) is 0 Å². The molecule has 0 unspecified atom stereocenters. The van der Waals surface area contributed by atoms with Crippen molar-refractivity contribution < 1.29 is 0 Å². The van der Waals surface area contributed by atoms with E-state index < -0.39 is 0 Å². The van der Waals surface area contributed by atoms with Crippen LogP contribution >= 0.6 is 0 Å². The Labute approximate surface area is 318 Å². The van der Waals surface area contributed by atoms with Crippen LogP contribution < -0.4 is 4.90 Å². The molecule has 2 aromatic heterocycles. The zero-order valence-electron chi connectivity index (χ0n) is 29.6. The second-order valence-electron chi connectivity index (χ2n) is 13.6. The molecule has 0 aliphatic heterocycles. The van der Waals surface area contributed by atoms with E-state index in [-0.39, 0.29) is 0 Å². The third kappa shape index (κ3) is 5.23.